The fraction of sp³-hybridized carbons (Fsp3) is 0.320. The van der Waals surface area contributed by atoms with E-state index in [9.17, 15) is 9.59 Å². The molecule has 160 valence electrons. The van der Waals surface area contributed by atoms with Gasteiger partial charge in [-0.2, -0.15) is 0 Å². The maximum atomic E-state index is 12.9. The summed E-state index contributed by atoms with van der Waals surface area (Å²) in [6, 6.07) is 16.4. The lowest BCUT2D eigenvalue weighted by molar-refractivity contribution is -0.146. The van der Waals surface area contributed by atoms with E-state index in [1.54, 1.807) is 18.7 Å². The lowest BCUT2D eigenvalue weighted by atomic mass is 9.76. The Balaban J connectivity index is 1.74. The Bertz CT molecular complexity index is 1090. The molecule has 2 aromatic rings. The molecule has 0 N–H and O–H groups in total. The molecule has 0 aliphatic carbocycles. The van der Waals surface area contributed by atoms with Gasteiger partial charge in [-0.25, -0.2) is 4.79 Å². The number of benzene rings is 2. The third-order valence-corrected chi connectivity index (χ3v) is 6.71. The zero-order valence-electron chi connectivity index (χ0n) is 17.9. The van der Waals surface area contributed by atoms with Gasteiger partial charge in [0.05, 0.1) is 17.9 Å². The van der Waals surface area contributed by atoms with E-state index in [4.69, 9.17) is 9.47 Å². The Morgan fingerprint density at radius 3 is 2.77 bits per heavy atom. The molecule has 4 rings (SSSR count). The second-order valence-electron chi connectivity index (χ2n) is 7.71. The SMILES string of the molecule is CCOC(=O)C1C(C)=NC2=C(C(=O)OC2)C1c1ccccc1SCc1cccc(C)c1. The molecule has 0 saturated carbocycles. The largest absolute Gasteiger partial charge is 0.465 e. The second-order valence-corrected chi connectivity index (χ2v) is 8.73. The van der Waals surface area contributed by atoms with Gasteiger partial charge in [-0.05, 0) is 38.0 Å². The van der Waals surface area contributed by atoms with Gasteiger partial charge < -0.3 is 9.47 Å². The van der Waals surface area contributed by atoms with Gasteiger partial charge in [-0.3, -0.25) is 9.79 Å². The number of aryl methyl sites for hydroxylation is 1. The molecule has 0 radical (unpaired) electrons. The molecule has 0 saturated heterocycles. The van der Waals surface area contributed by atoms with Gasteiger partial charge in [0.1, 0.15) is 12.5 Å². The summed E-state index contributed by atoms with van der Waals surface area (Å²) < 4.78 is 10.7. The summed E-state index contributed by atoms with van der Waals surface area (Å²) >= 11 is 1.70. The molecule has 2 aliphatic heterocycles. The zero-order valence-corrected chi connectivity index (χ0v) is 18.7. The van der Waals surface area contributed by atoms with Crippen molar-refractivity contribution in [2.45, 2.75) is 37.3 Å². The first-order valence-corrected chi connectivity index (χ1v) is 11.4. The van der Waals surface area contributed by atoms with Crippen LogP contribution in [0.5, 0.6) is 0 Å². The molecule has 31 heavy (non-hydrogen) atoms. The van der Waals surface area contributed by atoms with Crippen molar-refractivity contribution in [1.82, 2.24) is 0 Å². The second kappa shape index (κ2) is 9.10. The standard InChI is InChI=1S/C25H25NO4S/c1-4-29-24(27)21-16(3)26-19-13-30-25(28)23(19)22(21)18-10-5-6-11-20(18)31-14-17-9-7-8-15(2)12-17/h5-12,21-22H,4,13-14H2,1-3H3. The molecule has 0 bridgehead atoms. The molecule has 2 unspecified atom stereocenters. The zero-order chi connectivity index (χ0) is 22.0. The van der Waals surface area contributed by atoms with Gasteiger partial charge >= 0.3 is 11.9 Å². The fourth-order valence-electron chi connectivity index (χ4n) is 4.20. The number of ether oxygens (including phenoxy) is 2. The number of thioether (sulfide) groups is 1. The van der Waals surface area contributed by atoms with Gasteiger partial charge in [0.25, 0.3) is 0 Å². The van der Waals surface area contributed by atoms with Gasteiger partial charge in [-0.15, -0.1) is 11.8 Å². The van der Waals surface area contributed by atoms with Crippen LogP contribution in [0.4, 0.5) is 0 Å². The van der Waals surface area contributed by atoms with Crippen LogP contribution in [0.15, 0.2) is 69.7 Å². The normalized spacial score (nSPS) is 20.2. The molecule has 0 fully saturated rings. The molecule has 2 atom stereocenters. The Hall–Kier alpha value is -2.86. The minimum atomic E-state index is -0.648. The van der Waals surface area contributed by atoms with Crippen LogP contribution < -0.4 is 0 Å². The van der Waals surface area contributed by atoms with Crippen LogP contribution in [0.1, 0.15) is 36.5 Å². The lowest BCUT2D eigenvalue weighted by Gasteiger charge is -2.30. The number of nitrogens with zero attached hydrogens (tertiary/aromatic N) is 1. The first-order chi connectivity index (χ1) is 15.0. The van der Waals surface area contributed by atoms with E-state index >= 15 is 0 Å². The highest BCUT2D eigenvalue weighted by atomic mass is 32.2. The van der Waals surface area contributed by atoms with E-state index in [0.717, 1.165) is 16.2 Å². The number of aliphatic imine (C=N–C) groups is 1. The van der Waals surface area contributed by atoms with Crippen LogP contribution in [0.3, 0.4) is 0 Å². The van der Waals surface area contributed by atoms with Crippen molar-refractivity contribution in [1.29, 1.82) is 0 Å². The van der Waals surface area contributed by atoms with E-state index in [1.165, 1.54) is 11.1 Å². The summed E-state index contributed by atoms with van der Waals surface area (Å²) in [5, 5.41) is 0. The van der Waals surface area contributed by atoms with E-state index in [1.807, 2.05) is 31.2 Å². The average Bonchev–Trinajstić information content (AvgIpc) is 3.12. The number of carbonyl (C=O) groups is 2. The van der Waals surface area contributed by atoms with Crippen LogP contribution >= 0.6 is 11.8 Å². The molecule has 0 aromatic heterocycles. The molecule has 5 nitrogen and oxygen atoms in total. The quantitative estimate of drug-likeness (QED) is 0.480. The summed E-state index contributed by atoms with van der Waals surface area (Å²) in [6.07, 6.45) is 0. The smallest absolute Gasteiger partial charge is 0.337 e. The molecule has 6 heteroatoms. The summed E-state index contributed by atoms with van der Waals surface area (Å²) in [4.78, 5) is 31.1. The van der Waals surface area contributed by atoms with Crippen LogP contribution in [-0.2, 0) is 24.8 Å². The summed E-state index contributed by atoms with van der Waals surface area (Å²) in [5.74, 6) is -1.09. The first kappa shape index (κ1) is 21.4. The maximum Gasteiger partial charge on any atom is 0.337 e. The van der Waals surface area contributed by atoms with Crippen molar-refractivity contribution < 1.29 is 19.1 Å². The van der Waals surface area contributed by atoms with Crippen molar-refractivity contribution in [2.24, 2.45) is 10.9 Å². The molecule has 0 spiro atoms. The van der Waals surface area contributed by atoms with Crippen LogP contribution in [0, 0.1) is 12.8 Å². The van der Waals surface area contributed by atoms with Crippen LogP contribution in [0.2, 0.25) is 0 Å². The van der Waals surface area contributed by atoms with Crippen molar-refractivity contribution in [3.05, 3.63) is 76.5 Å². The van der Waals surface area contributed by atoms with Gasteiger partial charge in [0.2, 0.25) is 0 Å². The Morgan fingerprint density at radius 1 is 1.19 bits per heavy atom. The predicted molar refractivity (Wildman–Crippen MR) is 121 cm³/mol. The third-order valence-electron chi connectivity index (χ3n) is 5.55. The van der Waals surface area contributed by atoms with Crippen molar-refractivity contribution >= 4 is 29.4 Å². The predicted octanol–water partition coefficient (Wildman–Crippen LogP) is 4.84. The highest BCUT2D eigenvalue weighted by molar-refractivity contribution is 7.98. The topological polar surface area (TPSA) is 65.0 Å². The van der Waals surface area contributed by atoms with Crippen LogP contribution in [0.25, 0.3) is 0 Å². The molecule has 2 heterocycles. The molecular weight excluding hydrogens is 410 g/mol. The van der Waals surface area contributed by atoms with Crippen molar-refractivity contribution in [3.63, 3.8) is 0 Å². The maximum absolute atomic E-state index is 12.9. The van der Waals surface area contributed by atoms with E-state index < -0.39 is 17.8 Å². The van der Waals surface area contributed by atoms with Crippen molar-refractivity contribution in [3.8, 4) is 0 Å². The fourth-order valence-corrected chi connectivity index (χ4v) is 5.24. The van der Waals surface area contributed by atoms with Gasteiger partial charge in [0, 0.05) is 22.3 Å². The Kier molecular flexibility index (Phi) is 6.28. The van der Waals surface area contributed by atoms with E-state index in [-0.39, 0.29) is 19.2 Å². The highest BCUT2D eigenvalue weighted by Crippen LogP contribution is 2.45. The Morgan fingerprint density at radius 2 is 2.00 bits per heavy atom. The lowest BCUT2D eigenvalue weighted by Crippen LogP contribution is -2.35. The first-order valence-electron chi connectivity index (χ1n) is 10.4. The van der Waals surface area contributed by atoms with Gasteiger partial charge in [-0.1, -0.05) is 48.0 Å². The number of cyclic esters (lactones) is 1. The third kappa shape index (κ3) is 4.30. The number of hydrogen-bond acceptors (Lipinski definition) is 6. The number of carbonyl (C=O) groups excluding carboxylic acids is 2. The monoisotopic (exact) mass is 435 g/mol. The number of rotatable bonds is 6. The highest BCUT2D eigenvalue weighted by Gasteiger charge is 2.46. The molecule has 2 aromatic carbocycles. The van der Waals surface area contributed by atoms with Crippen molar-refractivity contribution in [2.75, 3.05) is 13.2 Å². The summed E-state index contributed by atoms with van der Waals surface area (Å²) in [6.45, 7) is 6.10. The van der Waals surface area contributed by atoms with Gasteiger partial charge in [0.15, 0.2) is 0 Å². The average molecular weight is 436 g/mol. The summed E-state index contributed by atoms with van der Waals surface area (Å²) in [5.41, 5.74) is 5.12. The molecule has 2 aliphatic rings. The minimum Gasteiger partial charge on any atom is -0.465 e. The van der Waals surface area contributed by atoms with Crippen LogP contribution in [-0.4, -0.2) is 30.9 Å². The number of esters is 2. The van der Waals surface area contributed by atoms with E-state index in [2.05, 4.69) is 36.2 Å². The summed E-state index contributed by atoms with van der Waals surface area (Å²) in [7, 11) is 0. The van der Waals surface area contributed by atoms with E-state index in [0.29, 0.717) is 17.0 Å². The minimum absolute atomic E-state index is 0.149. The Labute approximate surface area is 186 Å². The number of hydrogen-bond donors (Lipinski definition) is 0. The molecule has 0 amide bonds. The molecular formula is C25H25NO4S.